The number of carbonyl (C=O) groups is 2. The van der Waals surface area contributed by atoms with Crippen LogP contribution in [0.4, 0.5) is 0 Å². The van der Waals surface area contributed by atoms with Gasteiger partial charge in [-0.05, 0) is 47.0 Å². The summed E-state index contributed by atoms with van der Waals surface area (Å²) in [5.74, 6) is 1.15. The van der Waals surface area contributed by atoms with E-state index >= 15 is 0 Å². The number of hydrogen-bond acceptors (Lipinski definition) is 4. The Labute approximate surface area is 177 Å². The average molecular weight is 415 g/mol. The quantitative estimate of drug-likeness (QED) is 0.685. The van der Waals surface area contributed by atoms with Crippen LogP contribution < -0.4 is 4.74 Å². The maximum Gasteiger partial charge on any atom is 0.242 e. The summed E-state index contributed by atoms with van der Waals surface area (Å²) in [7, 11) is 1.65. The highest BCUT2D eigenvalue weighted by atomic mass is 32.1. The predicted octanol–water partition coefficient (Wildman–Crippen LogP) is 4.13. The Bertz CT molecular complexity index is 844. The molecule has 0 radical (unpaired) electrons. The number of nitrogens with zero attached hydrogens (tertiary/aromatic N) is 2. The van der Waals surface area contributed by atoms with E-state index < -0.39 is 0 Å². The normalized spacial score (nSPS) is 15.9. The molecule has 6 heteroatoms. The number of thiophene rings is 1. The summed E-state index contributed by atoms with van der Waals surface area (Å²) >= 11 is 1.75. The minimum Gasteiger partial charge on any atom is -0.497 e. The van der Waals surface area contributed by atoms with Crippen LogP contribution in [0.2, 0.25) is 0 Å². The van der Waals surface area contributed by atoms with Crippen molar-refractivity contribution in [2.24, 2.45) is 5.92 Å². The Kier molecular flexibility index (Phi) is 6.96. The first kappa shape index (κ1) is 21.4. The molecule has 1 atom stereocenters. The maximum absolute atomic E-state index is 13.4. The molecule has 3 rings (SSSR count). The lowest BCUT2D eigenvalue weighted by Crippen LogP contribution is -2.47. The molecule has 0 saturated carbocycles. The topological polar surface area (TPSA) is 49.9 Å². The lowest BCUT2D eigenvalue weighted by atomic mass is 9.93. The molecule has 2 heterocycles. The molecule has 5 nitrogen and oxygen atoms in total. The molecule has 156 valence electrons. The fourth-order valence-corrected chi connectivity index (χ4v) is 4.81. The van der Waals surface area contributed by atoms with E-state index in [0.29, 0.717) is 25.4 Å². The number of fused-ring (bicyclic) bond motifs is 1. The molecule has 0 N–H and O–H groups in total. The van der Waals surface area contributed by atoms with E-state index in [-0.39, 0.29) is 24.4 Å². The van der Waals surface area contributed by atoms with Gasteiger partial charge in [0.2, 0.25) is 11.8 Å². The van der Waals surface area contributed by atoms with E-state index in [9.17, 15) is 9.59 Å². The largest absolute Gasteiger partial charge is 0.497 e. The van der Waals surface area contributed by atoms with Gasteiger partial charge in [-0.15, -0.1) is 11.3 Å². The predicted molar refractivity (Wildman–Crippen MR) is 116 cm³/mol. The van der Waals surface area contributed by atoms with Crippen LogP contribution >= 0.6 is 11.3 Å². The van der Waals surface area contributed by atoms with Crippen molar-refractivity contribution in [1.82, 2.24) is 9.80 Å². The highest BCUT2D eigenvalue weighted by Crippen LogP contribution is 2.38. The molecule has 1 aromatic heterocycles. The molecule has 0 saturated heterocycles. The molecule has 1 aliphatic heterocycles. The number of methoxy groups -OCH3 is 1. The van der Waals surface area contributed by atoms with Gasteiger partial charge in [-0.25, -0.2) is 0 Å². The van der Waals surface area contributed by atoms with E-state index in [1.165, 1.54) is 10.4 Å². The zero-order chi connectivity index (χ0) is 21.0. The fourth-order valence-electron chi connectivity index (χ4n) is 3.90. The number of ether oxygens (including phenoxy) is 1. The highest BCUT2D eigenvalue weighted by Gasteiger charge is 2.33. The van der Waals surface area contributed by atoms with Crippen molar-refractivity contribution in [3.63, 3.8) is 0 Å². The lowest BCUT2D eigenvalue weighted by Gasteiger charge is -2.38. The molecule has 0 aliphatic carbocycles. The van der Waals surface area contributed by atoms with Gasteiger partial charge in [-0.3, -0.25) is 9.59 Å². The van der Waals surface area contributed by atoms with Crippen LogP contribution in [-0.4, -0.2) is 48.4 Å². The molecule has 2 amide bonds. The van der Waals surface area contributed by atoms with Crippen molar-refractivity contribution in [3.05, 3.63) is 51.7 Å². The van der Waals surface area contributed by atoms with Crippen LogP contribution in [0.15, 0.2) is 35.7 Å². The van der Waals surface area contributed by atoms with Gasteiger partial charge < -0.3 is 14.5 Å². The van der Waals surface area contributed by atoms with Crippen molar-refractivity contribution < 1.29 is 14.3 Å². The van der Waals surface area contributed by atoms with Gasteiger partial charge in [0.15, 0.2) is 0 Å². The minimum atomic E-state index is -0.124. The zero-order valence-electron chi connectivity index (χ0n) is 17.7. The lowest BCUT2D eigenvalue weighted by molar-refractivity contribution is -0.142. The van der Waals surface area contributed by atoms with Gasteiger partial charge in [0, 0.05) is 24.4 Å². The third kappa shape index (κ3) is 4.81. The highest BCUT2D eigenvalue weighted by molar-refractivity contribution is 7.10. The zero-order valence-corrected chi connectivity index (χ0v) is 18.5. The third-order valence-electron chi connectivity index (χ3n) is 5.28. The van der Waals surface area contributed by atoms with Gasteiger partial charge in [-0.1, -0.05) is 32.9 Å². The second-order valence-corrected chi connectivity index (χ2v) is 8.83. The standard InChI is InChI=1S/C23H30N2O3S/c1-5-21(26)24(14-16(2)3)15-22(27)25-12-10-20-19(11-13-29-20)23(25)17-6-8-18(28-4)9-7-17/h6-9,11,13,16,23H,5,10,12,14-15H2,1-4H3. The summed E-state index contributed by atoms with van der Waals surface area (Å²) in [4.78, 5) is 30.7. The second kappa shape index (κ2) is 9.44. The first-order valence-electron chi connectivity index (χ1n) is 10.2. The first-order valence-corrected chi connectivity index (χ1v) is 11.1. The fraction of sp³-hybridized carbons (Fsp3) is 0.478. The summed E-state index contributed by atoms with van der Waals surface area (Å²) in [5, 5.41) is 2.10. The minimum absolute atomic E-state index is 0.00474. The number of hydrogen-bond donors (Lipinski definition) is 0. The number of carbonyl (C=O) groups excluding carboxylic acids is 2. The van der Waals surface area contributed by atoms with Crippen molar-refractivity contribution >= 4 is 23.2 Å². The van der Waals surface area contributed by atoms with Crippen LogP contribution in [0.1, 0.15) is 49.2 Å². The van der Waals surface area contributed by atoms with Crippen LogP contribution in [0.25, 0.3) is 0 Å². The molecular weight excluding hydrogens is 384 g/mol. The molecule has 0 spiro atoms. The number of amides is 2. The molecule has 2 aromatic rings. The Hall–Kier alpha value is -2.34. The van der Waals surface area contributed by atoms with E-state index in [4.69, 9.17) is 4.74 Å². The Morgan fingerprint density at radius 3 is 2.59 bits per heavy atom. The summed E-state index contributed by atoms with van der Waals surface area (Å²) in [6.45, 7) is 7.38. The summed E-state index contributed by atoms with van der Waals surface area (Å²) in [5.41, 5.74) is 2.26. The van der Waals surface area contributed by atoms with Crippen LogP contribution in [-0.2, 0) is 16.0 Å². The summed E-state index contributed by atoms with van der Waals surface area (Å²) in [6, 6.07) is 9.92. The molecule has 1 aliphatic rings. The van der Waals surface area contributed by atoms with Gasteiger partial charge in [0.05, 0.1) is 19.7 Å². The van der Waals surface area contributed by atoms with Crippen molar-refractivity contribution in [3.8, 4) is 5.75 Å². The van der Waals surface area contributed by atoms with E-state index in [2.05, 4.69) is 25.3 Å². The van der Waals surface area contributed by atoms with Gasteiger partial charge in [-0.2, -0.15) is 0 Å². The summed E-state index contributed by atoms with van der Waals surface area (Å²) in [6.07, 6.45) is 1.27. The smallest absolute Gasteiger partial charge is 0.242 e. The van der Waals surface area contributed by atoms with Crippen molar-refractivity contribution in [2.45, 2.75) is 39.7 Å². The van der Waals surface area contributed by atoms with Crippen molar-refractivity contribution in [1.29, 1.82) is 0 Å². The monoisotopic (exact) mass is 414 g/mol. The molecule has 0 fully saturated rings. The van der Waals surface area contributed by atoms with Gasteiger partial charge in [0.1, 0.15) is 5.75 Å². The number of rotatable bonds is 7. The molecule has 1 unspecified atom stereocenters. The number of benzene rings is 1. The average Bonchev–Trinajstić information content (AvgIpc) is 3.20. The first-order chi connectivity index (χ1) is 13.9. The Morgan fingerprint density at radius 2 is 1.97 bits per heavy atom. The van der Waals surface area contributed by atoms with E-state index in [1.807, 2.05) is 36.1 Å². The Balaban J connectivity index is 1.89. The Morgan fingerprint density at radius 1 is 1.24 bits per heavy atom. The third-order valence-corrected chi connectivity index (χ3v) is 6.28. The maximum atomic E-state index is 13.4. The van der Waals surface area contributed by atoms with E-state index in [0.717, 1.165) is 17.7 Å². The van der Waals surface area contributed by atoms with Crippen LogP contribution in [0.3, 0.4) is 0 Å². The van der Waals surface area contributed by atoms with Crippen molar-refractivity contribution in [2.75, 3.05) is 26.7 Å². The molecule has 1 aromatic carbocycles. The summed E-state index contributed by atoms with van der Waals surface area (Å²) < 4.78 is 5.29. The van der Waals surface area contributed by atoms with Crippen LogP contribution in [0, 0.1) is 5.92 Å². The molecule has 0 bridgehead atoms. The molecular formula is C23H30N2O3S. The van der Waals surface area contributed by atoms with Crippen LogP contribution in [0.5, 0.6) is 5.75 Å². The molecule has 29 heavy (non-hydrogen) atoms. The second-order valence-electron chi connectivity index (χ2n) is 7.83. The van der Waals surface area contributed by atoms with Gasteiger partial charge in [0.25, 0.3) is 0 Å². The van der Waals surface area contributed by atoms with E-state index in [1.54, 1.807) is 23.3 Å². The SMILES string of the molecule is CCC(=O)N(CC(=O)N1CCc2sccc2C1c1ccc(OC)cc1)CC(C)C. The van der Waals surface area contributed by atoms with Gasteiger partial charge >= 0.3 is 0 Å².